The van der Waals surface area contributed by atoms with Crippen LogP contribution in [0.4, 0.5) is 0 Å². The first kappa shape index (κ1) is 17.5. The summed E-state index contributed by atoms with van der Waals surface area (Å²) in [6, 6.07) is 0. The molecule has 1 rings (SSSR count). The second-order valence-corrected chi connectivity index (χ2v) is 5.05. The van der Waals surface area contributed by atoms with Crippen LogP contribution in [0.3, 0.4) is 0 Å². The largest absolute Gasteiger partial charge is 0.314 e. The first-order chi connectivity index (χ1) is 9.93. The molecule has 0 aliphatic carbocycles. The lowest BCUT2D eigenvalue weighted by atomic mass is 10.3. The molecule has 118 valence electrons. The molecule has 7 heteroatoms. The van der Waals surface area contributed by atoms with Crippen molar-refractivity contribution in [3.8, 4) is 0 Å². The van der Waals surface area contributed by atoms with Crippen molar-refractivity contribution in [1.82, 2.24) is 26.2 Å². The Labute approximate surface area is 122 Å². The predicted octanol–water partition coefficient (Wildman–Crippen LogP) is -1.18. The highest BCUT2D eigenvalue weighted by atomic mass is 16.3. The Bertz CT molecular complexity index is 213. The van der Waals surface area contributed by atoms with Crippen LogP contribution in [-0.2, 0) is 0 Å². The van der Waals surface area contributed by atoms with E-state index in [4.69, 9.17) is 0 Å². The molecule has 0 atom stereocenters. The van der Waals surface area contributed by atoms with Crippen molar-refractivity contribution in [2.45, 2.75) is 6.42 Å². The van der Waals surface area contributed by atoms with Crippen LogP contribution >= 0.6 is 0 Å². The predicted molar refractivity (Wildman–Crippen MR) is 83.2 cm³/mol. The molecule has 20 heavy (non-hydrogen) atoms. The van der Waals surface area contributed by atoms with E-state index < -0.39 is 0 Å². The van der Waals surface area contributed by atoms with Crippen LogP contribution in [0.15, 0.2) is 5.18 Å². The Balaban J connectivity index is 2.22. The zero-order valence-electron chi connectivity index (χ0n) is 12.5. The van der Waals surface area contributed by atoms with Crippen molar-refractivity contribution in [3.63, 3.8) is 0 Å². The van der Waals surface area contributed by atoms with Gasteiger partial charge in [-0.1, -0.05) is 5.18 Å². The molecule has 1 fully saturated rings. The van der Waals surface area contributed by atoms with E-state index in [1.54, 1.807) is 0 Å². The second-order valence-electron chi connectivity index (χ2n) is 5.05. The molecule has 0 unspecified atom stereocenters. The maximum atomic E-state index is 10.1. The van der Waals surface area contributed by atoms with Crippen LogP contribution in [0, 0.1) is 4.91 Å². The monoisotopic (exact) mass is 286 g/mol. The summed E-state index contributed by atoms with van der Waals surface area (Å²) in [6.45, 7) is 11.5. The lowest BCUT2D eigenvalue weighted by Gasteiger charge is -2.22. The minimum Gasteiger partial charge on any atom is -0.314 e. The van der Waals surface area contributed by atoms with Crippen LogP contribution in [0.25, 0.3) is 0 Å². The molecule has 0 saturated carbocycles. The summed E-state index contributed by atoms with van der Waals surface area (Å²) >= 11 is 0. The highest BCUT2D eigenvalue weighted by Crippen LogP contribution is 1.91. The van der Waals surface area contributed by atoms with E-state index >= 15 is 0 Å². The fourth-order valence-corrected chi connectivity index (χ4v) is 2.20. The average molecular weight is 286 g/mol. The molecule has 4 N–H and O–H groups in total. The van der Waals surface area contributed by atoms with Gasteiger partial charge in [0.25, 0.3) is 0 Å². The van der Waals surface area contributed by atoms with Crippen LogP contribution in [0.1, 0.15) is 6.42 Å². The summed E-state index contributed by atoms with van der Waals surface area (Å²) in [5.41, 5.74) is 0. The molecular formula is C13H30N6O. The molecule has 0 aromatic rings. The van der Waals surface area contributed by atoms with Gasteiger partial charge in [-0.25, -0.2) is 0 Å². The third-order valence-corrected chi connectivity index (χ3v) is 3.37. The third-order valence-electron chi connectivity index (χ3n) is 3.37. The zero-order chi connectivity index (χ0) is 14.3. The number of nitrogens with one attached hydrogen (secondary N) is 4. The SMILES string of the molecule is O=NCCCN1CCNCCNCCNCCNCC1. The normalized spacial score (nSPS) is 21.8. The van der Waals surface area contributed by atoms with Crippen molar-refractivity contribution < 1.29 is 0 Å². The van der Waals surface area contributed by atoms with Gasteiger partial charge in [0.1, 0.15) is 0 Å². The lowest BCUT2D eigenvalue weighted by molar-refractivity contribution is 0.271. The molecule has 0 spiro atoms. The molecule has 1 aliphatic heterocycles. The van der Waals surface area contributed by atoms with Gasteiger partial charge < -0.3 is 26.2 Å². The first-order valence-corrected chi connectivity index (χ1v) is 7.78. The summed E-state index contributed by atoms with van der Waals surface area (Å²) in [7, 11) is 0. The van der Waals surface area contributed by atoms with Crippen LogP contribution in [0.2, 0.25) is 0 Å². The van der Waals surface area contributed by atoms with Gasteiger partial charge >= 0.3 is 0 Å². The maximum Gasteiger partial charge on any atom is 0.0823 e. The van der Waals surface area contributed by atoms with Crippen LogP contribution < -0.4 is 21.3 Å². The Morgan fingerprint density at radius 2 is 1.20 bits per heavy atom. The molecule has 0 bridgehead atoms. The molecule has 0 aromatic carbocycles. The van der Waals surface area contributed by atoms with Crippen molar-refractivity contribution in [2.24, 2.45) is 5.18 Å². The second kappa shape index (κ2) is 13.4. The third kappa shape index (κ3) is 10.2. The summed E-state index contributed by atoms with van der Waals surface area (Å²) in [5.74, 6) is 0. The number of hydrogen-bond donors (Lipinski definition) is 4. The molecule has 1 heterocycles. The fraction of sp³-hybridized carbons (Fsp3) is 1.00. The van der Waals surface area contributed by atoms with E-state index in [2.05, 4.69) is 31.3 Å². The molecule has 0 radical (unpaired) electrons. The molecule has 1 saturated heterocycles. The highest BCUT2D eigenvalue weighted by Gasteiger charge is 2.04. The van der Waals surface area contributed by atoms with E-state index in [1.807, 2.05) is 0 Å². The summed E-state index contributed by atoms with van der Waals surface area (Å²) in [4.78, 5) is 12.5. The fourth-order valence-electron chi connectivity index (χ4n) is 2.20. The quantitative estimate of drug-likeness (QED) is 0.385. The molecule has 7 nitrogen and oxygen atoms in total. The van der Waals surface area contributed by atoms with E-state index in [0.717, 1.165) is 78.4 Å². The van der Waals surface area contributed by atoms with E-state index in [9.17, 15) is 4.91 Å². The van der Waals surface area contributed by atoms with Gasteiger partial charge in [-0.3, -0.25) is 0 Å². The van der Waals surface area contributed by atoms with Crippen LogP contribution in [-0.4, -0.2) is 83.4 Å². The Morgan fingerprint density at radius 1 is 0.750 bits per heavy atom. The van der Waals surface area contributed by atoms with E-state index in [0.29, 0.717) is 6.54 Å². The van der Waals surface area contributed by atoms with Crippen molar-refractivity contribution >= 4 is 0 Å². The van der Waals surface area contributed by atoms with Gasteiger partial charge in [0.05, 0.1) is 6.54 Å². The molecule has 0 amide bonds. The number of rotatable bonds is 4. The van der Waals surface area contributed by atoms with Gasteiger partial charge in [-0.2, -0.15) is 4.91 Å². The maximum absolute atomic E-state index is 10.1. The minimum atomic E-state index is 0.422. The van der Waals surface area contributed by atoms with Crippen LogP contribution in [0.5, 0.6) is 0 Å². The highest BCUT2D eigenvalue weighted by molar-refractivity contribution is 4.65. The van der Waals surface area contributed by atoms with Gasteiger partial charge in [0.15, 0.2) is 0 Å². The summed E-state index contributed by atoms with van der Waals surface area (Å²) in [6.07, 6.45) is 0.854. The molecule has 0 aromatic heterocycles. The Morgan fingerprint density at radius 3 is 1.65 bits per heavy atom. The van der Waals surface area contributed by atoms with Gasteiger partial charge in [-0.15, -0.1) is 0 Å². The minimum absolute atomic E-state index is 0.422. The summed E-state index contributed by atoms with van der Waals surface area (Å²) < 4.78 is 0. The molecular weight excluding hydrogens is 256 g/mol. The zero-order valence-corrected chi connectivity index (χ0v) is 12.5. The standard InChI is InChI=1S/C13H30N6O/c20-18-2-1-11-19-12-9-16-7-5-14-3-4-15-6-8-17-10-13-19/h14-17H,1-13H2. The van der Waals surface area contributed by atoms with Gasteiger partial charge in [0.2, 0.25) is 0 Å². The van der Waals surface area contributed by atoms with Crippen molar-refractivity contribution in [2.75, 3.05) is 78.5 Å². The number of nitrogens with zero attached hydrogens (tertiary/aromatic N) is 2. The Hall–Kier alpha value is -0.600. The van der Waals surface area contributed by atoms with E-state index in [1.165, 1.54) is 0 Å². The lowest BCUT2D eigenvalue weighted by Crippen LogP contribution is -2.39. The Kier molecular flexibility index (Phi) is 11.7. The van der Waals surface area contributed by atoms with E-state index in [-0.39, 0.29) is 0 Å². The smallest absolute Gasteiger partial charge is 0.0823 e. The van der Waals surface area contributed by atoms with Crippen molar-refractivity contribution in [1.29, 1.82) is 0 Å². The summed E-state index contributed by atoms with van der Waals surface area (Å²) in [5, 5.41) is 16.6. The topological polar surface area (TPSA) is 80.8 Å². The number of nitroso groups, excluding NO2 is 1. The molecule has 1 aliphatic rings. The van der Waals surface area contributed by atoms with Crippen molar-refractivity contribution in [3.05, 3.63) is 4.91 Å². The van der Waals surface area contributed by atoms with Gasteiger partial charge in [0, 0.05) is 72.0 Å². The van der Waals surface area contributed by atoms with Gasteiger partial charge in [-0.05, 0) is 6.42 Å². The number of hydrogen-bond acceptors (Lipinski definition) is 7. The first-order valence-electron chi connectivity index (χ1n) is 7.78. The average Bonchev–Trinajstić information content (AvgIpc) is 2.47.